The summed E-state index contributed by atoms with van der Waals surface area (Å²) in [6, 6.07) is 3.56. The standard InChI is InChI=1S/C17H19N7O/c1-21-12-15(11-20-21)22-6-8-23(9-7-22)17(25)14-2-3-19-16(10-14)24-5-4-18-13-24/h2-5,10-13H,6-9H2,1H3. The van der Waals surface area contributed by atoms with Crippen molar-refractivity contribution in [2.75, 3.05) is 31.1 Å². The highest BCUT2D eigenvalue weighted by atomic mass is 16.2. The van der Waals surface area contributed by atoms with Crippen LogP contribution in [0.15, 0.2) is 49.4 Å². The van der Waals surface area contributed by atoms with Gasteiger partial charge in [-0.2, -0.15) is 5.10 Å². The van der Waals surface area contributed by atoms with Crippen LogP contribution in [0.2, 0.25) is 0 Å². The first-order valence-corrected chi connectivity index (χ1v) is 8.18. The van der Waals surface area contributed by atoms with E-state index < -0.39 is 0 Å². The second-order valence-electron chi connectivity index (χ2n) is 6.02. The number of nitrogens with zero attached hydrogens (tertiary/aromatic N) is 7. The molecule has 0 spiro atoms. The van der Waals surface area contributed by atoms with Gasteiger partial charge in [-0.1, -0.05) is 0 Å². The molecular formula is C17H19N7O. The van der Waals surface area contributed by atoms with Crippen molar-refractivity contribution < 1.29 is 4.79 Å². The van der Waals surface area contributed by atoms with Gasteiger partial charge >= 0.3 is 0 Å². The van der Waals surface area contributed by atoms with Crippen molar-refractivity contribution in [3.05, 3.63) is 55.0 Å². The highest BCUT2D eigenvalue weighted by Crippen LogP contribution is 2.17. The Morgan fingerprint density at radius 1 is 1.16 bits per heavy atom. The van der Waals surface area contributed by atoms with Crippen molar-refractivity contribution in [2.24, 2.45) is 7.05 Å². The predicted octanol–water partition coefficient (Wildman–Crippen LogP) is 0.963. The minimum atomic E-state index is 0.0367. The van der Waals surface area contributed by atoms with Gasteiger partial charge in [0, 0.05) is 63.6 Å². The number of amides is 1. The summed E-state index contributed by atoms with van der Waals surface area (Å²) < 4.78 is 3.58. The zero-order chi connectivity index (χ0) is 17.2. The summed E-state index contributed by atoms with van der Waals surface area (Å²) in [5, 5.41) is 4.21. The number of imidazole rings is 1. The predicted molar refractivity (Wildman–Crippen MR) is 92.7 cm³/mol. The van der Waals surface area contributed by atoms with Crippen molar-refractivity contribution in [3.63, 3.8) is 0 Å². The summed E-state index contributed by atoms with van der Waals surface area (Å²) >= 11 is 0. The second-order valence-corrected chi connectivity index (χ2v) is 6.02. The number of aryl methyl sites for hydroxylation is 1. The molecule has 8 nitrogen and oxygen atoms in total. The van der Waals surface area contributed by atoms with Crippen LogP contribution in [0, 0.1) is 0 Å². The summed E-state index contributed by atoms with van der Waals surface area (Å²) in [7, 11) is 1.91. The van der Waals surface area contributed by atoms with Crippen LogP contribution >= 0.6 is 0 Å². The molecular weight excluding hydrogens is 318 g/mol. The topological polar surface area (TPSA) is 72.1 Å². The third kappa shape index (κ3) is 3.10. The number of piperazine rings is 1. The van der Waals surface area contributed by atoms with Crippen molar-refractivity contribution in [1.29, 1.82) is 0 Å². The minimum Gasteiger partial charge on any atom is -0.365 e. The largest absolute Gasteiger partial charge is 0.365 e. The number of hydrogen-bond acceptors (Lipinski definition) is 5. The highest BCUT2D eigenvalue weighted by molar-refractivity contribution is 5.94. The van der Waals surface area contributed by atoms with Gasteiger partial charge in [-0.25, -0.2) is 9.97 Å². The van der Waals surface area contributed by atoms with Gasteiger partial charge in [-0.15, -0.1) is 0 Å². The van der Waals surface area contributed by atoms with Gasteiger partial charge in [0.2, 0.25) is 0 Å². The molecule has 25 heavy (non-hydrogen) atoms. The maximum atomic E-state index is 12.8. The maximum absolute atomic E-state index is 12.8. The zero-order valence-electron chi connectivity index (χ0n) is 14.0. The van der Waals surface area contributed by atoms with Gasteiger partial charge in [0.15, 0.2) is 0 Å². The SMILES string of the molecule is Cn1cc(N2CCN(C(=O)c3ccnc(-n4ccnc4)c3)CC2)cn1. The molecule has 0 bridgehead atoms. The Bertz CT molecular complexity index is 863. The molecule has 4 heterocycles. The molecule has 1 aliphatic rings. The normalized spacial score (nSPS) is 14.8. The third-order valence-electron chi connectivity index (χ3n) is 4.38. The van der Waals surface area contributed by atoms with Gasteiger partial charge in [0.1, 0.15) is 12.1 Å². The van der Waals surface area contributed by atoms with E-state index in [0.29, 0.717) is 24.5 Å². The molecule has 1 saturated heterocycles. The van der Waals surface area contributed by atoms with Crippen LogP contribution < -0.4 is 4.90 Å². The van der Waals surface area contributed by atoms with Crippen LogP contribution in [0.3, 0.4) is 0 Å². The van der Waals surface area contributed by atoms with Gasteiger partial charge < -0.3 is 9.80 Å². The molecule has 4 rings (SSSR count). The average molecular weight is 337 g/mol. The van der Waals surface area contributed by atoms with Crippen LogP contribution in [0.25, 0.3) is 5.82 Å². The number of hydrogen-bond donors (Lipinski definition) is 0. The molecule has 0 unspecified atom stereocenters. The molecule has 0 radical (unpaired) electrons. The molecule has 8 heteroatoms. The quantitative estimate of drug-likeness (QED) is 0.712. The van der Waals surface area contributed by atoms with Crippen LogP contribution in [-0.4, -0.2) is 61.3 Å². The summed E-state index contributed by atoms with van der Waals surface area (Å²) in [5.74, 6) is 0.729. The number of anilines is 1. The maximum Gasteiger partial charge on any atom is 0.254 e. The van der Waals surface area contributed by atoms with Gasteiger partial charge in [-0.05, 0) is 12.1 Å². The lowest BCUT2D eigenvalue weighted by Gasteiger charge is -2.35. The lowest BCUT2D eigenvalue weighted by molar-refractivity contribution is 0.0746. The van der Waals surface area contributed by atoms with Crippen LogP contribution in [0.1, 0.15) is 10.4 Å². The average Bonchev–Trinajstić information content (AvgIpc) is 3.33. The molecule has 0 atom stereocenters. The lowest BCUT2D eigenvalue weighted by Crippen LogP contribution is -2.48. The molecule has 0 aliphatic carbocycles. The number of carbonyl (C=O) groups excluding carboxylic acids is 1. The van der Waals surface area contributed by atoms with E-state index in [9.17, 15) is 4.79 Å². The summed E-state index contributed by atoms with van der Waals surface area (Å²) in [4.78, 5) is 25.3. The highest BCUT2D eigenvalue weighted by Gasteiger charge is 2.23. The molecule has 3 aromatic rings. The number of carbonyl (C=O) groups is 1. The lowest BCUT2D eigenvalue weighted by atomic mass is 10.2. The van der Waals surface area contributed by atoms with E-state index in [1.165, 1.54) is 0 Å². The Hall–Kier alpha value is -3.16. The first-order chi connectivity index (χ1) is 12.2. The van der Waals surface area contributed by atoms with Crippen LogP contribution in [0.5, 0.6) is 0 Å². The molecule has 1 amide bonds. The Labute approximate surface area is 145 Å². The molecule has 0 aromatic carbocycles. The van der Waals surface area contributed by atoms with E-state index in [4.69, 9.17) is 0 Å². The van der Waals surface area contributed by atoms with Crippen molar-refractivity contribution >= 4 is 11.6 Å². The van der Waals surface area contributed by atoms with E-state index in [2.05, 4.69) is 20.0 Å². The van der Waals surface area contributed by atoms with E-state index in [1.54, 1.807) is 40.1 Å². The van der Waals surface area contributed by atoms with Gasteiger partial charge in [-0.3, -0.25) is 14.0 Å². The molecule has 3 aromatic heterocycles. The van der Waals surface area contributed by atoms with E-state index in [1.807, 2.05) is 30.5 Å². The summed E-state index contributed by atoms with van der Waals surface area (Å²) in [6.45, 7) is 2.99. The minimum absolute atomic E-state index is 0.0367. The van der Waals surface area contributed by atoms with E-state index in [0.717, 1.165) is 18.8 Å². The Morgan fingerprint density at radius 2 is 2.00 bits per heavy atom. The zero-order valence-corrected chi connectivity index (χ0v) is 14.0. The molecule has 0 N–H and O–H groups in total. The van der Waals surface area contributed by atoms with Crippen LogP contribution in [0.4, 0.5) is 5.69 Å². The first-order valence-electron chi connectivity index (χ1n) is 8.18. The second kappa shape index (κ2) is 6.39. The van der Waals surface area contributed by atoms with Gasteiger partial charge in [0.25, 0.3) is 5.91 Å². The number of aromatic nitrogens is 5. The molecule has 1 aliphatic heterocycles. The van der Waals surface area contributed by atoms with Crippen LogP contribution in [-0.2, 0) is 7.05 Å². The molecule has 1 fully saturated rings. The smallest absolute Gasteiger partial charge is 0.254 e. The third-order valence-corrected chi connectivity index (χ3v) is 4.38. The fourth-order valence-electron chi connectivity index (χ4n) is 3.01. The summed E-state index contributed by atoms with van der Waals surface area (Å²) in [5.41, 5.74) is 1.74. The van der Waals surface area contributed by atoms with Gasteiger partial charge in [0.05, 0.1) is 11.9 Å². The number of rotatable bonds is 3. The van der Waals surface area contributed by atoms with Crippen molar-refractivity contribution in [1.82, 2.24) is 29.2 Å². The van der Waals surface area contributed by atoms with Crippen molar-refractivity contribution in [2.45, 2.75) is 0 Å². The summed E-state index contributed by atoms with van der Waals surface area (Å²) in [6.07, 6.45) is 10.7. The first kappa shape index (κ1) is 15.4. The Morgan fingerprint density at radius 3 is 2.68 bits per heavy atom. The fraction of sp³-hybridized carbons (Fsp3) is 0.294. The molecule has 128 valence electrons. The van der Waals surface area contributed by atoms with E-state index in [-0.39, 0.29) is 5.91 Å². The van der Waals surface area contributed by atoms with Crippen molar-refractivity contribution in [3.8, 4) is 5.82 Å². The number of pyridine rings is 1. The fourth-order valence-corrected chi connectivity index (χ4v) is 3.01. The Balaban J connectivity index is 1.45. The van der Waals surface area contributed by atoms with E-state index >= 15 is 0 Å². The Kier molecular flexibility index (Phi) is 3.93. The monoisotopic (exact) mass is 337 g/mol. The molecule has 0 saturated carbocycles.